The molecule has 2 heteroatoms. The molecule has 2 aromatic rings. The number of rotatable bonds is 1. The second kappa shape index (κ2) is 4.79. The Kier molecular flexibility index (Phi) is 3.18. The fourth-order valence-corrected chi connectivity index (χ4v) is 1.85. The Morgan fingerprint density at radius 2 is 1.87 bits per heavy atom. The number of aliphatic hydroxyl groups excluding tert-OH is 1. The smallest absolute Gasteiger partial charge is 0.149 e. The molecule has 1 aromatic carbocycles. The van der Waals surface area contributed by atoms with E-state index in [9.17, 15) is 5.11 Å². The van der Waals surface area contributed by atoms with Gasteiger partial charge < -0.3 is 5.11 Å². The molecule has 0 aliphatic rings. The molecule has 74 valence electrons. The van der Waals surface area contributed by atoms with Crippen molar-refractivity contribution in [2.45, 2.75) is 6.10 Å². The van der Waals surface area contributed by atoms with Crippen molar-refractivity contribution in [1.29, 1.82) is 0 Å². The van der Waals surface area contributed by atoms with Gasteiger partial charge in [-0.3, -0.25) is 0 Å². The van der Waals surface area contributed by atoms with Gasteiger partial charge in [0.05, 0.1) is 0 Å². The van der Waals surface area contributed by atoms with Crippen LogP contribution in [0, 0.1) is 11.8 Å². The average molecular weight is 214 g/mol. The first-order valence-electron chi connectivity index (χ1n) is 4.64. The van der Waals surface area contributed by atoms with Gasteiger partial charge >= 0.3 is 0 Å². The van der Waals surface area contributed by atoms with E-state index >= 15 is 0 Å². The summed E-state index contributed by atoms with van der Waals surface area (Å²) in [5.74, 6) is 5.76. The van der Waals surface area contributed by atoms with Crippen molar-refractivity contribution in [2.75, 3.05) is 0 Å². The summed E-state index contributed by atoms with van der Waals surface area (Å²) in [6.07, 6.45) is -0.676. The molecule has 1 heterocycles. The molecule has 1 N–H and O–H groups in total. The first-order chi connectivity index (χ1) is 7.36. The van der Waals surface area contributed by atoms with E-state index in [2.05, 4.69) is 11.8 Å². The largest absolute Gasteiger partial charge is 0.375 e. The lowest BCUT2D eigenvalue weighted by molar-refractivity contribution is 0.242. The predicted octanol–water partition coefficient (Wildman–Crippen LogP) is 2.83. The Bertz CT molecular complexity index is 462. The van der Waals surface area contributed by atoms with Gasteiger partial charge in [0.25, 0.3) is 0 Å². The lowest BCUT2D eigenvalue weighted by Gasteiger charge is -1.97. The molecule has 0 saturated carbocycles. The highest BCUT2D eigenvalue weighted by atomic mass is 32.1. The summed E-state index contributed by atoms with van der Waals surface area (Å²) < 4.78 is 0. The quantitative estimate of drug-likeness (QED) is 0.724. The topological polar surface area (TPSA) is 20.2 Å². The highest BCUT2D eigenvalue weighted by Gasteiger charge is 2.02. The number of hydrogen-bond donors (Lipinski definition) is 1. The lowest BCUT2D eigenvalue weighted by atomic mass is 10.2. The van der Waals surface area contributed by atoms with Crippen LogP contribution in [0.3, 0.4) is 0 Å². The maximum atomic E-state index is 9.71. The molecule has 1 nitrogen and oxygen atoms in total. The van der Waals surface area contributed by atoms with Crippen molar-refractivity contribution in [2.24, 2.45) is 0 Å². The van der Waals surface area contributed by atoms with Crippen molar-refractivity contribution in [3.63, 3.8) is 0 Å². The Balaban J connectivity index is 2.13. The zero-order valence-electron chi connectivity index (χ0n) is 8.05. The Labute approximate surface area is 93.0 Å². The fraction of sp³-hybridized carbons (Fsp3) is 0.0769. The predicted molar refractivity (Wildman–Crippen MR) is 62.6 cm³/mol. The van der Waals surface area contributed by atoms with Crippen LogP contribution in [0.25, 0.3) is 0 Å². The standard InChI is InChI=1S/C13H10OS/c14-12(13-7-4-10-15-13)9-8-11-5-2-1-3-6-11/h1-7,10,12,14H/t12-/m1/s1. The molecule has 0 aliphatic heterocycles. The Hall–Kier alpha value is -1.56. The van der Waals surface area contributed by atoms with E-state index in [1.807, 2.05) is 47.8 Å². The molecule has 0 radical (unpaired) electrons. The molecule has 0 unspecified atom stereocenters. The van der Waals surface area contributed by atoms with Crippen LogP contribution < -0.4 is 0 Å². The third-order valence-corrected chi connectivity index (χ3v) is 2.86. The van der Waals surface area contributed by atoms with E-state index in [1.165, 1.54) is 11.3 Å². The van der Waals surface area contributed by atoms with Crippen LogP contribution in [0.4, 0.5) is 0 Å². The van der Waals surface area contributed by atoms with E-state index in [-0.39, 0.29) is 0 Å². The summed E-state index contributed by atoms with van der Waals surface area (Å²) in [6.45, 7) is 0. The first-order valence-corrected chi connectivity index (χ1v) is 5.52. The van der Waals surface area contributed by atoms with Crippen LogP contribution in [0.2, 0.25) is 0 Å². The summed E-state index contributed by atoms with van der Waals surface area (Å²) in [5.41, 5.74) is 0.924. The van der Waals surface area contributed by atoms with E-state index in [0.717, 1.165) is 10.4 Å². The maximum absolute atomic E-state index is 9.71. The fourth-order valence-electron chi connectivity index (χ4n) is 1.19. The molecule has 1 atom stereocenters. The minimum atomic E-state index is -0.676. The number of hydrogen-bond acceptors (Lipinski definition) is 2. The normalized spacial score (nSPS) is 11.5. The van der Waals surface area contributed by atoms with Crippen molar-refractivity contribution in [1.82, 2.24) is 0 Å². The van der Waals surface area contributed by atoms with Crippen LogP contribution >= 0.6 is 11.3 Å². The van der Waals surface area contributed by atoms with E-state index < -0.39 is 6.10 Å². The van der Waals surface area contributed by atoms with Crippen LogP contribution in [-0.4, -0.2) is 5.11 Å². The summed E-state index contributed by atoms with van der Waals surface area (Å²) >= 11 is 1.51. The maximum Gasteiger partial charge on any atom is 0.149 e. The van der Waals surface area contributed by atoms with Gasteiger partial charge in [-0.1, -0.05) is 36.1 Å². The molecule has 0 fully saturated rings. The second-order valence-corrected chi connectivity index (χ2v) is 4.03. The number of benzene rings is 1. The van der Waals surface area contributed by atoms with E-state index in [1.54, 1.807) is 0 Å². The van der Waals surface area contributed by atoms with Gasteiger partial charge in [-0.25, -0.2) is 0 Å². The van der Waals surface area contributed by atoms with Gasteiger partial charge in [0, 0.05) is 10.4 Å². The SMILES string of the molecule is O[C@H](C#Cc1ccccc1)c1cccs1. The van der Waals surface area contributed by atoms with Crippen LogP contribution in [-0.2, 0) is 0 Å². The summed E-state index contributed by atoms with van der Waals surface area (Å²) in [5, 5.41) is 11.6. The molecule has 2 rings (SSSR count). The zero-order chi connectivity index (χ0) is 10.5. The van der Waals surface area contributed by atoms with Gasteiger partial charge in [-0.05, 0) is 23.6 Å². The molecule has 0 saturated heterocycles. The Morgan fingerprint density at radius 3 is 2.53 bits per heavy atom. The highest BCUT2D eigenvalue weighted by Crippen LogP contribution is 2.17. The summed E-state index contributed by atoms with van der Waals surface area (Å²) in [7, 11) is 0. The van der Waals surface area contributed by atoms with Gasteiger partial charge in [0.1, 0.15) is 6.10 Å². The molecule has 15 heavy (non-hydrogen) atoms. The van der Waals surface area contributed by atoms with Crippen LogP contribution in [0.5, 0.6) is 0 Å². The van der Waals surface area contributed by atoms with E-state index in [0.29, 0.717) is 0 Å². The van der Waals surface area contributed by atoms with Crippen molar-refractivity contribution >= 4 is 11.3 Å². The lowest BCUT2D eigenvalue weighted by Crippen LogP contribution is -1.88. The van der Waals surface area contributed by atoms with Crippen molar-refractivity contribution < 1.29 is 5.11 Å². The minimum Gasteiger partial charge on any atom is -0.375 e. The Morgan fingerprint density at radius 1 is 1.07 bits per heavy atom. The average Bonchev–Trinajstić information content (AvgIpc) is 2.81. The molecular formula is C13H10OS. The third-order valence-electron chi connectivity index (χ3n) is 1.94. The van der Waals surface area contributed by atoms with E-state index in [4.69, 9.17) is 0 Å². The summed E-state index contributed by atoms with van der Waals surface area (Å²) in [6, 6.07) is 13.5. The zero-order valence-corrected chi connectivity index (χ0v) is 8.87. The molecule has 0 aliphatic carbocycles. The molecule has 0 bridgehead atoms. The highest BCUT2D eigenvalue weighted by molar-refractivity contribution is 7.10. The van der Waals surface area contributed by atoms with Gasteiger partial charge in [-0.15, -0.1) is 11.3 Å². The van der Waals surface area contributed by atoms with Gasteiger partial charge in [0.2, 0.25) is 0 Å². The first kappa shape index (κ1) is 9.97. The van der Waals surface area contributed by atoms with Crippen molar-refractivity contribution in [3.05, 3.63) is 58.3 Å². The summed E-state index contributed by atoms with van der Waals surface area (Å²) in [4.78, 5) is 0.887. The number of thiophene rings is 1. The molecule has 0 amide bonds. The van der Waals surface area contributed by atoms with Crippen LogP contribution in [0.1, 0.15) is 16.5 Å². The van der Waals surface area contributed by atoms with Gasteiger partial charge in [-0.2, -0.15) is 0 Å². The minimum absolute atomic E-state index is 0.676. The molecular weight excluding hydrogens is 204 g/mol. The van der Waals surface area contributed by atoms with Crippen LogP contribution in [0.15, 0.2) is 47.8 Å². The molecule has 1 aromatic heterocycles. The van der Waals surface area contributed by atoms with Crippen molar-refractivity contribution in [3.8, 4) is 11.8 Å². The monoisotopic (exact) mass is 214 g/mol. The molecule has 0 spiro atoms. The van der Waals surface area contributed by atoms with Gasteiger partial charge in [0.15, 0.2) is 0 Å². The number of aliphatic hydroxyl groups is 1. The second-order valence-electron chi connectivity index (χ2n) is 3.05. The third kappa shape index (κ3) is 2.69.